The fraction of sp³-hybridized carbons (Fsp3) is 0.385. The molecule has 1 aromatic carbocycles. The second-order valence-corrected chi connectivity index (χ2v) is 3.75. The Hall–Kier alpha value is -1.13. The Morgan fingerprint density at radius 3 is 2.53 bits per heavy atom. The highest BCUT2D eigenvalue weighted by molar-refractivity contribution is 6.30. The molecule has 0 amide bonds. The number of unbranched alkanes of at least 4 members (excludes halogenated alkanes) is 3. The molecule has 0 spiro atoms. The Morgan fingerprint density at radius 1 is 1.13 bits per heavy atom. The average molecular weight is 223 g/mol. The monoisotopic (exact) mass is 222 g/mol. The maximum Gasteiger partial charge on any atom is 0.119 e. The van der Waals surface area contributed by atoms with Gasteiger partial charge in [0.15, 0.2) is 0 Å². The van der Waals surface area contributed by atoms with Crippen LogP contribution in [0.3, 0.4) is 0 Å². The number of terminal acetylenes is 1. The fourth-order valence-corrected chi connectivity index (χ4v) is 1.35. The predicted molar refractivity (Wildman–Crippen MR) is 64.2 cm³/mol. The smallest absolute Gasteiger partial charge is 0.119 e. The first-order chi connectivity index (χ1) is 7.33. The van der Waals surface area contributed by atoms with Gasteiger partial charge < -0.3 is 4.74 Å². The molecule has 15 heavy (non-hydrogen) atoms. The van der Waals surface area contributed by atoms with E-state index in [1.165, 1.54) is 0 Å². The van der Waals surface area contributed by atoms with Crippen LogP contribution in [0.1, 0.15) is 25.7 Å². The highest BCUT2D eigenvalue weighted by Gasteiger charge is 1.93. The van der Waals surface area contributed by atoms with Crippen molar-refractivity contribution in [1.29, 1.82) is 0 Å². The molecule has 1 rings (SSSR count). The first kappa shape index (κ1) is 11.9. The quantitative estimate of drug-likeness (QED) is 0.524. The summed E-state index contributed by atoms with van der Waals surface area (Å²) in [5.74, 6) is 3.50. The summed E-state index contributed by atoms with van der Waals surface area (Å²) in [5, 5.41) is 0.733. The summed E-state index contributed by atoms with van der Waals surface area (Å²) in [7, 11) is 0. The molecule has 0 N–H and O–H groups in total. The Bertz CT molecular complexity index is 310. The van der Waals surface area contributed by atoms with E-state index in [1.807, 2.05) is 24.3 Å². The van der Waals surface area contributed by atoms with Gasteiger partial charge in [0, 0.05) is 11.4 Å². The minimum atomic E-state index is 0.733. The molecule has 1 nitrogen and oxygen atoms in total. The maximum absolute atomic E-state index is 5.76. The van der Waals surface area contributed by atoms with Gasteiger partial charge in [0.1, 0.15) is 5.75 Å². The Morgan fingerprint density at radius 2 is 1.87 bits per heavy atom. The van der Waals surface area contributed by atoms with E-state index in [0.717, 1.165) is 43.1 Å². The van der Waals surface area contributed by atoms with Crippen molar-refractivity contribution < 1.29 is 4.74 Å². The summed E-state index contributed by atoms with van der Waals surface area (Å²) in [6, 6.07) is 7.41. The SMILES string of the molecule is C#CCCCCCOc1ccc(Cl)cc1. The number of rotatable bonds is 6. The third-order valence-electron chi connectivity index (χ3n) is 2.05. The summed E-state index contributed by atoms with van der Waals surface area (Å²) in [6.45, 7) is 0.742. The Labute approximate surface area is 96.4 Å². The lowest BCUT2D eigenvalue weighted by molar-refractivity contribution is 0.305. The van der Waals surface area contributed by atoms with E-state index in [0.29, 0.717) is 0 Å². The minimum Gasteiger partial charge on any atom is -0.494 e. The highest BCUT2D eigenvalue weighted by Crippen LogP contribution is 2.15. The zero-order valence-electron chi connectivity index (χ0n) is 8.71. The fourth-order valence-electron chi connectivity index (χ4n) is 1.23. The van der Waals surface area contributed by atoms with Crippen molar-refractivity contribution in [1.82, 2.24) is 0 Å². The van der Waals surface area contributed by atoms with E-state index in [9.17, 15) is 0 Å². The number of ether oxygens (including phenoxy) is 1. The van der Waals surface area contributed by atoms with Crippen molar-refractivity contribution in [3.05, 3.63) is 29.3 Å². The van der Waals surface area contributed by atoms with E-state index in [-0.39, 0.29) is 0 Å². The summed E-state index contributed by atoms with van der Waals surface area (Å²) >= 11 is 5.76. The van der Waals surface area contributed by atoms with Crippen LogP contribution < -0.4 is 4.74 Å². The Balaban J connectivity index is 2.10. The van der Waals surface area contributed by atoms with Gasteiger partial charge >= 0.3 is 0 Å². The number of halogens is 1. The Kier molecular flexibility index (Phi) is 5.73. The van der Waals surface area contributed by atoms with Crippen molar-refractivity contribution in [3.63, 3.8) is 0 Å². The van der Waals surface area contributed by atoms with Crippen LogP contribution in [0.2, 0.25) is 5.02 Å². The zero-order chi connectivity index (χ0) is 10.9. The maximum atomic E-state index is 5.76. The lowest BCUT2D eigenvalue weighted by atomic mass is 10.2. The summed E-state index contributed by atoms with van der Waals surface area (Å²) in [4.78, 5) is 0. The van der Waals surface area contributed by atoms with Crippen molar-refractivity contribution in [2.24, 2.45) is 0 Å². The van der Waals surface area contributed by atoms with Crippen LogP contribution in [-0.2, 0) is 0 Å². The molecule has 0 fully saturated rings. The van der Waals surface area contributed by atoms with E-state index in [2.05, 4.69) is 5.92 Å². The van der Waals surface area contributed by atoms with Crippen LogP contribution in [-0.4, -0.2) is 6.61 Å². The molecule has 0 heterocycles. The minimum absolute atomic E-state index is 0.733. The van der Waals surface area contributed by atoms with Crippen LogP contribution in [0, 0.1) is 12.3 Å². The molecule has 0 saturated carbocycles. The van der Waals surface area contributed by atoms with Crippen molar-refractivity contribution in [3.8, 4) is 18.1 Å². The van der Waals surface area contributed by atoms with Gasteiger partial charge in [0.05, 0.1) is 6.61 Å². The van der Waals surface area contributed by atoms with E-state index < -0.39 is 0 Å². The third kappa shape index (κ3) is 5.34. The molecule has 0 bridgehead atoms. The molecule has 0 aliphatic heterocycles. The molecule has 80 valence electrons. The second kappa shape index (κ2) is 7.20. The molecule has 0 aromatic heterocycles. The van der Waals surface area contributed by atoms with Crippen LogP contribution in [0.5, 0.6) is 5.75 Å². The van der Waals surface area contributed by atoms with Gasteiger partial charge in [-0.1, -0.05) is 11.6 Å². The summed E-state index contributed by atoms with van der Waals surface area (Å²) in [5.41, 5.74) is 0. The van der Waals surface area contributed by atoms with Gasteiger partial charge in [-0.15, -0.1) is 12.3 Å². The van der Waals surface area contributed by atoms with Crippen LogP contribution in [0.4, 0.5) is 0 Å². The van der Waals surface area contributed by atoms with Crippen molar-refractivity contribution in [2.75, 3.05) is 6.61 Å². The third-order valence-corrected chi connectivity index (χ3v) is 2.30. The van der Waals surface area contributed by atoms with Crippen LogP contribution >= 0.6 is 11.6 Å². The van der Waals surface area contributed by atoms with Crippen LogP contribution in [0.25, 0.3) is 0 Å². The van der Waals surface area contributed by atoms with Gasteiger partial charge in [-0.05, 0) is 43.5 Å². The molecule has 0 aliphatic carbocycles. The topological polar surface area (TPSA) is 9.23 Å². The molecular formula is C13H15ClO. The molecule has 1 aromatic rings. The van der Waals surface area contributed by atoms with Gasteiger partial charge in [-0.3, -0.25) is 0 Å². The lowest BCUT2D eigenvalue weighted by Gasteiger charge is -2.05. The van der Waals surface area contributed by atoms with Crippen molar-refractivity contribution >= 4 is 11.6 Å². The first-order valence-corrected chi connectivity index (χ1v) is 5.52. The number of hydrogen-bond donors (Lipinski definition) is 0. The second-order valence-electron chi connectivity index (χ2n) is 3.32. The molecule has 0 aliphatic rings. The highest BCUT2D eigenvalue weighted by atomic mass is 35.5. The molecule has 0 saturated heterocycles. The molecule has 0 unspecified atom stereocenters. The van der Waals surface area contributed by atoms with Crippen LogP contribution in [0.15, 0.2) is 24.3 Å². The first-order valence-electron chi connectivity index (χ1n) is 5.15. The van der Waals surface area contributed by atoms with Gasteiger partial charge in [-0.2, -0.15) is 0 Å². The molecular weight excluding hydrogens is 208 g/mol. The number of hydrogen-bond acceptors (Lipinski definition) is 1. The number of benzene rings is 1. The zero-order valence-corrected chi connectivity index (χ0v) is 9.46. The average Bonchev–Trinajstić information content (AvgIpc) is 2.26. The standard InChI is InChI=1S/C13H15ClO/c1-2-3-4-5-6-11-15-13-9-7-12(14)8-10-13/h1,7-10H,3-6,11H2. The predicted octanol–water partition coefficient (Wildman–Crippen LogP) is 3.91. The molecule has 0 radical (unpaired) electrons. The van der Waals surface area contributed by atoms with Gasteiger partial charge in [0.25, 0.3) is 0 Å². The lowest BCUT2D eigenvalue weighted by Crippen LogP contribution is -1.96. The molecule has 2 heteroatoms. The van der Waals surface area contributed by atoms with E-state index >= 15 is 0 Å². The van der Waals surface area contributed by atoms with Crippen molar-refractivity contribution in [2.45, 2.75) is 25.7 Å². The normalized spacial score (nSPS) is 9.60. The summed E-state index contributed by atoms with van der Waals surface area (Å²) < 4.78 is 5.53. The summed E-state index contributed by atoms with van der Waals surface area (Å²) in [6.07, 6.45) is 9.27. The van der Waals surface area contributed by atoms with E-state index in [1.54, 1.807) is 0 Å². The van der Waals surface area contributed by atoms with E-state index in [4.69, 9.17) is 22.8 Å². The largest absolute Gasteiger partial charge is 0.494 e. The van der Waals surface area contributed by atoms with Gasteiger partial charge in [0.2, 0.25) is 0 Å². The molecule has 0 atom stereocenters. The van der Waals surface area contributed by atoms with Gasteiger partial charge in [-0.25, -0.2) is 0 Å².